The van der Waals surface area contributed by atoms with Crippen LogP contribution in [-0.2, 0) is 22.6 Å². The van der Waals surface area contributed by atoms with Gasteiger partial charge in [0.25, 0.3) is 5.78 Å². The normalized spacial score (nSPS) is 18.6. The third-order valence-corrected chi connectivity index (χ3v) is 9.38. The highest BCUT2D eigenvalue weighted by Crippen LogP contribution is 2.46. The molecule has 0 bridgehead atoms. The molecule has 4 aromatic carbocycles. The zero-order valence-electron chi connectivity index (χ0n) is 25.9. The van der Waals surface area contributed by atoms with Crippen LogP contribution < -0.4 is 19.1 Å². The van der Waals surface area contributed by atoms with Crippen LogP contribution in [0.4, 0.5) is 5.13 Å². The van der Waals surface area contributed by atoms with Crippen LogP contribution in [0.5, 0.6) is 17.2 Å². The first kappa shape index (κ1) is 29.6. The van der Waals surface area contributed by atoms with Crippen LogP contribution in [-0.4, -0.2) is 35.0 Å². The van der Waals surface area contributed by atoms with Crippen molar-refractivity contribution in [2.45, 2.75) is 45.9 Å². The number of anilines is 1. The van der Waals surface area contributed by atoms with Crippen LogP contribution in [0.25, 0.3) is 16.0 Å². The number of methoxy groups -OCH3 is 1. The fraction of sp³-hybridized carbons (Fsp3) is 0.216. The average Bonchev–Trinajstić information content (AvgIpc) is 3.72. The lowest BCUT2D eigenvalue weighted by molar-refractivity contribution is -0.132. The number of thiazole rings is 1. The maximum atomic E-state index is 13.9. The summed E-state index contributed by atoms with van der Waals surface area (Å²) in [5.74, 6) is -0.129. The van der Waals surface area contributed by atoms with Gasteiger partial charge in [-0.2, -0.15) is 0 Å². The summed E-state index contributed by atoms with van der Waals surface area (Å²) >= 11 is 1.34. The number of nitrogens with zero attached hydrogens (tertiary/aromatic N) is 2. The Hall–Kier alpha value is -5.15. The van der Waals surface area contributed by atoms with Gasteiger partial charge in [0, 0.05) is 12.0 Å². The molecule has 0 aliphatic carbocycles. The van der Waals surface area contributed by atoms with E-state index in [2.05, 4.69) is 0 Å². The van der Waals surface area contributed by atoms with Crippen molar-refractivity contribution in [2.75, 3.05) is 12.0 Å². The number of ketones is 1. The molecule has 0 saturated carbocycles. The first-order valence-corrected chi connectivity index (χ1v) is 15.9. The first-order chi connectivity index (χ1) is 22.2. The van der Waals surface area contributed by atoms with Crippen molar-refractivity contribution in [3.05, 3.63) is 118 Å². The number of amides is 1. The highest BCUT2D eigenvalue weighted by molar-refractivity contribution is 7.22. The van der Waals surface area contributed by atoms with Crippen molar-refractivity contribution in [1.82, 2.24) is 4.98 Å². The molecular formula is C37H32N2O6S. The monoisotopic (exact) mass is 632 g/mol. The van der Waals surface area contributed by atoms with Gasteiger partial charge in [0.15, 0.2) is 16.6 Å². The summed E-state index contributed by atoms with van der Waals surface area (Å²) in [6.07, 6.45) is 0.694. The number of aliphatic hydroxyl groups is 1. The van der Waals surface area contributed by atoms with Crippen molar-refractivity contribution >= 4 is 44.1 Å². The number of benzene rings is 4. The standard InChI is InChI=1S/C37H32N2O6S/c1-20-14-21(2)32-30(15-20)46-37(38-32)39-33(24-10-13-28(29(18-24)43-4)44-19-23-8-6-5-7-9-23)31(35(41)36(39)42)34(40)25-11-12-27-26(17-25)16-22(3)45-27/h5-15,17-18,22,33,40H,16,19H2,1-4H3/b34-31+/t22-,33+/m1/s1. The molecule has 1 N–H and O–H groups in total. The fourth-order valence-electron chi connectivity index (χ4n) is 6.24. The maximum Gasteiger partial charge on any atom is 0.301 e. The molecule has 46 heavy (non-hydrogen) atoms. The van der Waals surface area contributed by atoms with E-state index in [-0.39, 0.29) is 17.4 Å². The molecule has 2 aliphatic rings. The molecule has 1 aromatic heterocycles. The van der Waals surface area contributed by atoms with Gasteiger partial charge in [-0.25, -0.2) is 4.98 Å². The Kier molecular flexibility index (Phi) is 7.49. The summed E-state index contributed by atoms with van der Waals surface area (Å²) in [5, 5.41) is 12.1. The highest BCUT2D eigenvalue weighted by Gasteiger charge is 2.48. The number of carbonyl (C=O) groups excluding carboxylic acids is 2. The Labute approximate surface area is 270 Å². The summed E-state index contributed by atoms with van der Waals surface area (Å²) in [4.78, 5) is 34.0. The maximum absolute atomic E-state index is 13.9. The van der Waals surface area contributed by atoms with Crippen molar-refractivity contribution in [1.29, 1.82) is 0 Å². The van der Waals surface area contributed by atoms with Gasteiger partial charge in [0.05, 0.1) is 28.9 Å². The Morgan fingerprint density at radius 1 is 1.02 bits per heavy atom. The molecule has 1 saturated heterocycles. The summed E-state index contributed by atoms with van der Waals surface area (Å²) < 4.78 is 18.6. The number of fused-ring (bicyclic) bond motifs is 2. The van der Waals surface area contributed by atoms with Crippen molar-refractivity contribution < 1.29 is 28.9 Å². The Bertz CT molecular complexity index is 2050. The molecule has 1 fully saturated rings. The molecule has 232 valence electrons. The van der Waals surface area contributed by atoms with E-state index < -0.39 is 17.7 Å². The van der Waals surface area contributed by atoms with Crippen molar-refractivity contribution in [2.24, 2.45) is 0 Å². The fourth-order valence-corrected chi connectivity index (χ4v) is 7.41. The van der Waals surface area contributed by atoms with Crippen LogP contribution in [0.1, 0.15) is 46.3 Å². The van der Waals surface area contributed by atoms with E-state index in [0.29, 0.717) is 40.8 Å². The lowest BCUT2D eigenvalue weighted by atomic mass is 9.94. The van der Waals surface area contributed by atoms with E-state index in [9.17, 15) is 14.7 Å². The van der Waals surface area contributed by atoms with Gasteiger partial charge < -0.3 is 19.3 Å². The largest absolute Gasteiger partial charge is 0.507 e. The van der Waals surface area contributed by atoms with E-state index in [0.717, 1.165) is 38.2 Å². The van der Waals surface area contributed by atoms with E-state index in [1.165, 1.54) is 23.3 Å². The molecule has 3 heterocycles. The van der Waals surface area contributed by atoms with Gasteiger partial charge in [0.2, 0.25) is 0 Å². The molecule has 8 nitrogen and oxygen atoms in total. The van der Waals surface area contributed by atoms with E-state index in [1.54, 1.807) is 30.3 Å². The summed E-state index contributed by atoms with van der Waals surface area (Å²) in [7, 11) is 1.54. The van der Waals surface area contributed by atoms with Crippen LogP contribution in [0.3, 0.4) is 0 Å². The molecule has 0 spiro atoms. The molecule has 1 amide bonds. The minimum absolute atomic E-state index is 0.0131. The quantitative estimate of drug-likeness (QED) is 0.113. The molecule has 9 heteroatoms. The molecule has 2 atom stereocenters. The Morgan fingerprint density at radius 2 is 1.83 bits per heavy atom. The summed E-state index contributed by atoms with van der Waals surface area (Å²) in [6.45, 7) is 6.29. The number of ether oxygens (including phenoxy) is 3. The molecule has 0 unspecified atom stereocenters. The summed E-state index contributed by atoms with van der Waals surface area (Å²) in [5.41, 5.74) is 5.72. The SMILES string of the molecule is COc1cc([C@H]2/C(=C(\O)c3ccc4c(c3)C[C@@H](C)O4)C(=O)C(=O)N2c2nc3c(C)cc(C)cc3s2)ccc1OCc1ccccc1. The smallest absolute Gasteiger partial charge is 0.301 e. The topological polar surface area (TPSA) is 98.2 Å². The number of rotatable bonds is 7. The van der Waals surface area contributed by atoms with Gasteiger partial charge in [-0.3, -0.25) is 14.5 Å². The Morgan fingerprint density at radius 3 is 2.61 bits per heavy atom. The molecule has 7 rings (SSSR count). The van der Waals surface area contributed by atoms with Gasteiger partial charge in [-0.1, -0.05) is 53.8 Å². The lowest BCUT2D eigenvalue weighted by Crippen LogP contribution is -2.29. The Balaban J connectivity index is 1.36. The minimum atomic E-state index is -0.970. The molecular weight excluding hydrogens is 600 g/mol. The third kappa shape index (κ3) is 5.16. The van der Waals surface area contributed by atoms with Crippen LogP contribution in [0.15, 0.2) is 84.4 Å². The number of Topliss-reactive ketones (excluding diaryl/α,β-unsaturated/α-hetero) is 1. The first-order valence-electron chi connectivity index (χ1n) is 15.0. The molecule has 5 aromatic rings. The van der Waals surface area contributed by atoms with Crippen LogP contribution in [0, 0.1) is 13.8 Å². The van der Waals surface area contributed by atoms with Crippen LogP contribution >= 0.6 is 11.3 Å². The second-order valence-corrected chi connectivity index (χ2v) is 12.7. The third-order valence-electron chi connectivity index (χ3n) is 8.38. The van der Waals surface area contributed by atoms with Crippen molar-refractivity contribution in [3.8, 4) is 17.2 Å². The highest BCUT2D eigenvalue weighted by atomic mass is 32.1. The molecule has 0 radical (unpaired) electrons. The second kappa shape index (κ2) is 11.7. The van der Waals surface area contributed by atoms with Gasteiger partial charge in [-0.15, -0.1) is 0 Å². The van der Waals surface area contributed by atoms with E-state index >= 15 is 0 Å². The van der Waals surface area contributed by atoms with Gasteiger partial charge in [-0.05, 0) is 85.0 Å². The predicted molar refractivity (Wildman–Crippen MR) is 178 cm³/mol. The number of aryl methyl sites for hydroxylation is 2. The second-order valence-electron chi connectivity index (χ2n) is 11.7. The van der Waals surface area contributed by atoms with Gasteiger partial charge in [0.1, 0.15) is 24.2 Å². The number of carbonyl (C=O) groups is 2. The van der Waals surface area contributed by atoms with Gasteiger partial charge >= 0.3 is 5.91 Å². The zero-order valence-corrected chi connectivity index (χ0v) is 26.7. The number of hydrogen-bond donors (Lipinski definition) is 1. The van der Waals surface area contributed by atoms with Crippen LogP contribution in [0.2, 0.25) is 0 Å². The number of aliphatic hydroxyl groups excluding tert-OH is 1. The lowest BCUT2D eigenvalue weighted by Gasteiger charge is -2.24. The zero-order chi connectivity index (χ0) is 32.1. The van der Waals surface area contributed by atoms with Crippen molar-refractivity contribution in [3.63, 3.8) is 0 Å². The van der Waals surface area contributed by atoms with E-state index in [1.807, 2.05) is 69.3 Å². The average molecular weight is 633 g/mol. The predicted octanol–water partition coefficient (Wildman–Crippen LogP) is 7.45. The summed E-state index contributed by atoms with van der Waals surface area (Å²) in [6, 6.07) is 23.5. The number of aromatic nitrogens is 1. The molecule has 2 aliphatic heterocycles. The van der Waals surface area contributed by atoms with E-state index in [4.69, 9.17) is 19.2 Å². The number of hydrogen-bond acceptors (Lipinski definition) is 8. The minimum Gasteiger partial charge on any atom is -0.507 e.